The molecule has 0 atom stereocenters. The first-order valence-corrected chi connectivity index (χ1v) is 6.43. The molecule has 1 aromatic carbocycles. The zero-order valence-electron chi connectivity index (χ0n) is 11.9. The monoisotopic (exact) mass is 273 g/mol. The zero-order chi connectivity index (χ0) is 14.7. The van der Waals surface area contributed by atoms with Crippen molar-refractivity contribution in [2.45, 2.75) is 13.5 Å². The second-order valence-electron chi connectivity index (χ2n) is 4.69. The Balaban J connectivity index is 2.18. The summed E-state index contributed by atoms with van der Waals surface area (Å²) in [4.78, 5) is 14.1. The van der Waals surface area contributed by atoms with Crippen molar-refractivity contribution in [3.63, 3.8) is 0 Å². The predicted octanol–water partition coefficient (Wildman–Crippen LogP) is 1.80. The summed E-state index contributed by atoms with van der Waals surface area (Å²) >= 11 is 0. The molecule has 0 saturated heterocycles. The summed E-state index contributed by atoms with van der Waals surface area (Å²) < 4.78 is 1.64. The molecule has 2 rings (SSSR count). The van der Waals surface area contributed by atoms with E-state index in [-0.39, 0.29) is 11.6 Å². The van der Waals surface area contributed by atoms with E-state index in [2.05, 4.69) is 10.4 Å². The van der Waals surface area contributed by atoms with Crippen LogP contribution in [0.15, 0.2) is 30.5 Å². The van der Waals surface area contributed by atoms with Gasteiger partial charge in [0.1, 0.15) is 0 Å². The summed E-state index contributed by atoms with van der Waals surface area (Å²) in [5, 5.41) is 6.96. The summed E-state index contributed by atoms with van der Waals surface area (Å²) in [6.45, 7) is 2.61. The highest BCUT2D eigenvalue weighted by Gasteiger charge is 2.14. The lowest BCUT2D eigenvalue weighted by atomic mass is 10.2. The van der Waals surface area contributed by atoms with Crippen molar-refractivity contribution < 1.29 is 4.79 Å². The zero-order valence-corrected chi connectivity index (χ0v) is 11.9. The van der Waals surface area contributed by atoms with Gasteiger partial charge in [0.25, 0.3) is 5.91 Å². The molecule has 3 N–H and O–H groups in total. The molecule has 0 spiro atoms. The molecule has 2 aromatic rings. The molecule has 6 nitrogen and oxygen atoms in total. The van der Waals surface area contributed by atoms with E-state index in [1.165, 1.54) is 0 Å². The normalized spacial score (nSPS) is 10.3. The first kappa shape index (κ1) is 13.9. The molecule has 0 radical (unpaired) electrons. The smallest absolute Gasteiger partial charge is 0.278 e. The minimum Gasteiger partial charge on any atom is -0.396 e. The minimum atomic E-state index is -0.300. The van der Waals surface area contributed by atoms with Gasteiger partial charge in [0, 0.05) is 38.2 Å². The molecule has 0 bridgehead atoms. The molecular weight excluding hydrogens is 254 g/mol. The molecular formula is C14H19N5O. The van der Waals surface area contributed by atoms with E-state index in [4.69, 9.17) is 5.73 Å². The van der Waals surface area contributed by atoms with Crippen LogP contribution in [0.1, 0.15) is 17.4 Å². The maximum Gasteiger partial charge on any atom is 0.278 e. The average molecular weight is 273 g/mol. The van der Waals surface area contributed by atoms with E-state index in [1.807, 2.05) is 50.2 Å². The molecule has 1 aromatic heterocycles. The maximum atomic E-state index is 12.2. The molecule has 106 valence electrons. The van der Waals surface area contributed by atoms with Gasteiger partial charge in [-0.25, -0.2) is 0 Å². The first-order valence-electron chi connectivity index (χ1n) is 6.43. The Kier molecular flexibility index (Phi) is 3.93. The highest BCUT2D eigenvalue weighted by atomic mass is 16.2. The Hall–Kier alpha value is -2.50. The minimum absolute atomic E-state index is 0.252. The van der Waals surface area contributed by atoms with E-state index in [0.717, 1.165) is 5.69 Å². The number of amides is 1. The van der Waals surface area contributed by atoms with Crippen molar-refractivity contribution in [2.75, 3.05) is 30.0 Å². The summed E-state index contributed by atoms with van der Waals surface area (Å²) in [6.07, 6.45) is 1.66. The van der Waals surface area contributed by atoms with Crippen molar-refractivity contribution in [2.24, 2.45) is 0 Å². The van der Waals surface area contributed by atoms with Gasteiger partial charge < -0.3 is 16.0 Å². The Bertz CT molecular complexity index is 618. The number of nitrogens with zero attached hydrogens (tertiary/aromatic N) is 3. The third-order valence-corrected chi connectivity index (χ3v) is 2.95. The van der Waals surface area contributed by atoms with Crippen LogP contribution in [0.3, 0.4) is 0 Å². The lowest BCUT2D eigenvalue weighted by Gasteiger charge is -2.13. The van der Waals surface area contributed by atoms with Crippen LogP contribution in [0, 0.1) is 0 Å². The van der Waals surface area contributed by atoms with Crippen molar-refractivity contribution in [1.29, 1.82) is 0 Å². The van der Waals surface area contributed by atoms with Crippen molar-refractivity contribution in [3.8, 4) is 0 Å². The largest absolute Gasteiger partial charge is 0.396 e. The Morgan fingerprint density at radius 3 is 2.80 bits per heavy atom. The van der Waals surface area contributed by atoms with Gasteiger partial charge in [-0.3, -0.25) is 9.48 Å². The van der Waals surface area contributed by atoms with E-state index >= 15 is 0 Å². The lowest BCUT2D eigenvalue weighted by molar-refractivity contribution is 0.102. The van der Waals surface area contributed by atoms with Crippen LogP contribution in [-0.4, -0.2) is 29.8 Å². The molecule has 0 unspecified atom stereocenters. The van der Waals surface area contributed by atoms with Crippen LogP contribution >= 0.6 is 0 Å². The Morgan fingerprint density at radius 2 is 2.20 bits per heavy atom. The van der Waals surface area contributed by atoms with Gasteiger partial charge in [-0.05, 0) is 25.1 Å². The van der Waals surface area contributed by atoms with Crippen molar-refractivity contribution in [1.82, 2.24) is 9.78 Å². The number of aryl methyl sites for hydroxylation is 1. The van der Waals surface area contributed by atoms with Crippen molar-refractivity contribution >= 4 is 23.0 Å². The van der Waals surface area contributed by atoms with Gasteiger partial charge >= 0.3 is 0 Å². The van der Waals surface area contributed by atoms with Gasteiger partial charge in [-0.2, -0.15) is 5.10 Å². The predicted molar refractivity (Wildman–Crippen MR) is 81.0 cm³/mol. The average Bonchev–Trinajstić information content (AvgIpc) is 2.80. The topological polar surface area (TPSA) is 76.2 Å². The Morgan fingerprint density at radius 1 is 1.45 bits per heavy atom. The number of nitrogen functional groups attached to an aromatic ring is 1. The second-order valence-corrected chi connectivity index (χ2v) is 4.69. The summed E-state index contributed by atoms with van der Waals surface area (Å²) in [5.74, 6) is -0.300. The van der Waals surface area contributed by atoms with E-state index in [9.17, 15) is 4.79 Å². The SMILES string of the molecule is CCn1cc(N)c(C(=O)Nc2cccc(N(C)C)c2)n1. The van der Waals surface area contributed by atoms with Gasteiger partial charge in [0.2, 0.25) is 0 Å². The highest BCUT2D eigenvalue weighted by Crippen LogP contribution is 2.19. The summed E-state index contributed by atoms with van der Waals surface area (Å²) in [6, 6.07) is 7.58. The maximum absolute atomic E-state index is 12.2. The number of aromatic nitrogens is 2. The van der Waals surface area contributed by atoms with E-state index in [0.29, 0.717) is 17.9 Å². The van der Waals surface area contributed by atoms with Gasteiger partial charge in [-0.15, -0.1) is 0 Å². The first-order chi connectivity index (χ1) is 9.51. The number of hydrogen-bond donors (Lipinski definition) is 2. The fraction of sp³-hybridized carbons (Fsp3) is 0.286. The molecule has 1 amide bonds. The number of carbonyl (C=O) groups is 1. The molecule has 1 heterocycles. The second kappa shape index (κ2) is 5.64. The number of rotatable bonds is 4. The molecule has 0 fully saturated rings. The van der Waals surface area contributed by atoms with Crippen LogP contribution < -0.4 is 16.0 Å². The number of carbonyl (C=O) groups excluding carboxylic acids is 1. The summed E-state index contributed by atoms with van der Waals surface area (Å²) in [5.41, 5.74) is 8.16. The van der Waals surface area contributed by atoms with Crippen LogP contribution in [0.5, 0.6) is 0 Å². The quantitative estimate of drug-likeness (QED) is 0.890. The van der Waals surface area contributed by atoms with Crippen molar-refractivity contribution in [3.05, 3.63) is 36.2 Å². The van der Waals surface area contributed by atoms with Gasteiger partial charge in [-0.1, -0.05) is 6.07 Å². The number of benzene rings is 1. The number of anilines is 3. The molecule has 20 heavy (non-hydrogen) atoms. The van der Waals surface area contributed by atoms with Gasteiger partial charge in [0.15, 0.2) is 5.69 Å². The molecule has 0 saturated carbocycles. The molecule has 6 heteroatoms. The standard InChI is InChI=1S/C14H19N5O/c1-4-19-9-12(15)13(17-19)14(20)16-10-6-5-7-11(8-10)18(2)3/h5-9H,4,15H2,1-3H3,(H,16,20). The van der Waals surface area contributed by atoms with Crippen LogP contribution in [-0.2, 0) is 6.54 Å². The highest BCUT2D eigenvalue weighted by molar-refractivity contribution is 6.06. The fourth-order valence-electron chi connectivity index (χ4n) is 1.83. The Labute approximate surface area is 118 Å². The molecule has 0 aliphatic carbocycles. The molecule has 0 aliphatic heterocycles. The summed E-state index contributed by atoms with van der Waals surface area (Å²) in [7, 11) is 3.89. The van der Waals surface area contributed by atoms with Crippen LogP contribution in [0.25, 0.3) is 0 Å². The third-order valence-electron chi connectivity index (χ3n) is 2.95. The number of nitrogens with two attached hydrogens (primary N) is 1. The number of nitrogens with one attached hydrogen (secondary N) is 1. The third kappa shape index (κ3) is 2.90. The van der Waals surface area contributed by atoms with Gasteiger partial charge in [0.05, 0.1) is 5.69 Å². The molecule has 0 aliphatic rings. The van der Waals surface area contributed by atoms with E-state index in [1.54, 1.807) is 10.9 Å². The lowest BCUT2D eigenvalue weighted by Crippen LogP contribution is -2.15. The number of hydrogen-bond acceptors (Lipinski definition) is 4. The van der Waals surface area contributed by atoms with Crippen LogP contribution in [0.2, 0.25) is 0 Å². The van der Waals surface area contributed by atoms with E-state index < -0.39 is 0 Å². The fourth-order valence-corrected chi connectivity index (χ4v) is 1.83. The van der Waals surface area contributed by atoms with Crippen LogP contribution in [0.4, 0.5) is 17.1 Å².